The van der Waals surface area contributed by atoms with Gasteiger partial charge >= 0.3 is 35.5 Å². The quantitative estimate of drug-likeness (QED) is 0.0874. The molecule has 1 aromatic heterocycles. The molecule has 11 nitrogen and oxygen atoms in total. The number of fused-ring (bicyclic) bond motifs is 3. The molecule has 2 heterocycles. The molecule has 1 amide bonds. The number of hydrogen-bond acceptors (Lipinski definition) is 10. The minimum absolute atomic E-state index is 0. The van der Waals surface area contributed by atoms with Gasteiger partial charge in [-0.2, -0.15) is 0 Å². The fourth-order valence-corrected chi connectivity index (χ4v) is 6.19. The maximum atomic E-state index is 14.5. The number of para-hydroxylation sites is 2. The molecule has 0 bridgehead atoms. The van der Waals surface area contributed by atoms with E-state index in [4.69, 9.17) is 18.6 Å². The minimum Gasteiger partial charge on any atom is -0.550 e. The van der Waals surface area contributed by atoms with Crippen LogP contribution in [-0.4, -0.2) is 51.3 Å². The second kappa shape index (κ2) is 16.7. The van der Waals surface area contributed by atoms with Crippen molar-refractivity contribution in [2.75, 3.05) is 6.79 Å². The van der Waals surface area contributed by atoms with E-state index in [9.17, 15) is 24.6 Å². The van der Waals surface area contributed by atoms with Crippen molar-refractivity contribution in [1.82, 2.24) is 9.88 Å². The van der Waals surface area contributed by atoms with Crippen LogP contribution in [0.2, 0.25) is 0 Å². The van der Waals surface area contributed by atoms with E-state index in [1.165, 1.54) is 4.90 Å². The number of benzene rings is 4. The number of carboxylic acid groups (broad SMARTS) is 1. The van der Waals surface area contributed by atoms with Crippen molar-refractivity contribution in [3.8, 4) is 11.5 Å². The molecule has 1 aliphatic rings. The largest absolute Gasteiger partial charge is 1.00 e. The summed E-state index contributed by atoms with van der Waals surface area (Å²) in [6.07, 6.45) is 3.01. The maximum absolute atomic E-state index is 14.5. The van der Waals surface area contributed by atoms with Crippen molar-refractivity contribution in [2.24, 2.45) is 0 Å². The number of ether oxygens (including phenoxy) is 3. The van der Waals surface area contributed by atoms with Crippen LogP contribution in [0.25, 0.3) is 27.9 Å². The van der Waals surface area contributed by atoms with E-state index in [2.05, 4.69) is 4.98 Å². The minimum atomic E-state index is -1.66. The second-order valence-electron chi connectivity index (χ2n) is 13.6. The van der Waals surface area contributed by atoms with E-state index in [0.717, 1.165) is 27.4 Å². The molecule has 1 N–H and O–H groups in total. The monoisotopic (exact) mass is 726 g/mol. The van der Waals surface area contributed by atoms with Crippen LogP contribution in [0.3, 0.4) is 0 Å². The van der Waals surface area contributed by atoms with Crippen molar-refractivity contribution in [3.63, 3.8) is 0 Å². The van der Waals surface area contributed by atoms with Gasteiger partial charge in [-0.15, -0.1) is 0 Å². The maximum Gasteiger partial charge on any atom is 1.00 e. The topological polar surface area (TPSA) is 151 Å². The number of aliphatic hydroxyl groups excluding tert-OH is 1. The molecule has 0 aliphatic carbocycles. The van der Waals surface area contributed by atoms with Gasteiger partial charge in [-0.25, -0.2) is 9.78 Å². The van der Waals surface area contributed by atoms with Gasteiger partial charge in [0.05, 0.1) is 5.57 Å². The van der Waals surface area contributed by atoms with Crippen LogP contribution < -0.4 is 44.1 Å². The Morgan fingerprint density at radius 1 is 0.962 bits per heavy atom. The molecule has 12 heteroatoms. The number of nitrogens with zero attached hydrogens (tertiary/aromatic N) is 2. The van der Waals surface area contributed by atoms with E-state index >= 15 is 0 Å². The zero-order chi connectivity index (χ0) is 37.0. The van der Waals surface area contributed by atoms with E-state index in [0.29, 0.717) is 29.4 Å². The van der Waals surface area contributed by atoms with E-state index in [1.54, 1.807) is 32.9 Å². The summed E-state index contributed by atoms with van der Waals surface area (Å²) in [6, 6.07) is 25.9. The van der Waals surface area contributed by atoms with Crippen molar-refractivity contribution in [1.29, 1.82) is 0 Å². The summed E-state index contributed by atoms with van der Waals surface area (Å²) in [5.74, 6) is -3.63. The molecule has 2 atom stereocenters. The molecule has 268 valence electrons. The Hall–Kier alpha value is -5.10. The summed E-state index contributed by atoms with van der Waals surface area (Å²) >= 11 is 0. The predicted molar refractivity (Wildman–Crippen MR) is 192 cm³/mol. The first kappa shape index (κ1) is 39.1. The molecule has 53 heavy (non-hydrogen) atoms. The molecular formula is C41H39N2NaO9. The first-order chi connectivity index (χ1) is 24.9. The average Bonchev–Trinajstić information content (AvgIpc) is 3.76. The van der Waals surface area contributed by atoms with Gasteiger partial charge in [0.1, 0.15) is 11.1 Å². The molecule has 0 unspecified atom stereocenters. The Labute approximate surface area is 329 Å². The smallest absolute Gasteiger partial charge is 0.550 e. The first-order valence-corrected chi connectivity index (χ1v) is 16.9. The Kier molecular flexibility index (Phi) is 12.3. The first-order valence-electron chi connectivity index (χ1n) is 16.9. The molecule has 5 aromatic rings. The number of aromatic nitrogens is 1. The molecule has 0 fully saturated rings. The molecule has 4 aromatic carbocycles. The van der Waals surface area contributed by atoms with E-state index < -0.39 is 53.2 Å². The van der Waals surface area contributed by atoms with Crippen LogP contribution in [0.15, 0.2) is 107 Å². The summed E-state index contributed by atoms with van der Waals surface area (Å²) < 4.78 is 22.5. The third kappa shape index (κ3) is 9.47. The van der Waals surface area contributed by atoms with Gasteiger partial charge in [0.2, 0.25) is 12.7 Å². The van der Waals surface area contributed by atoms with Gasteiger partial charge in [0.15, 0.2) is 22.8 Å². The molecule has 0 saturated heterocycles. The number of allylic oxidation sites excluding steroid dienone is 1. The SMILES string of the molecule is C[C@H]([C@H](CC=Cc1nc2ccccc2o1)c1ccc2c(c1)OCO2)N(Cc1ccc2ccccc2c1)C(=O)C(O)=C(CC(=O)[O-])C(=O)OC(C)(C)C.[Na+]. The van der Waals surface area contributed by atoms with Gasteiger partial charge in [0.25, 0.3) is 5.91 Å². The molecular weight excluding hydrogens is 687 g/mol. The standard InChI is InChI=1S/C41H40N2O9.Na/c1-25(30(29-18-19-34-35(21-29)50-24-49-34)12-9-15-36-42-32-13-7-8-14-33(32)51-36)43(23-26-16-17-27-10-5-6-11-28(27)20-26)39(47)38(46)31(22-37(44)45)40(48)52-41(2,3)4;/h5-11,13-21,25,30,46H,12,22-24H2,1-4H3,(H,44,45);/q;+1/p-1/t25-,30+;/m1./s1. The summed E-state index contributed by atoms with van der Waals surface area (Å²) in [6.45, 7) is 6.71. The predicted octanol–water partition coefficient (Wildman–Crippen LogP) is 3.61. The molecule has 0 spiro atoms. The van der Waals surface area contributed by atoms with Gasteiger partial charge in [-0.1, -0.05) is 60.7 Å². The Balaban J connectivity index is 0.00000541. The number of carbonyl (C=O) groups excluding carboxylic acids is 3. The van der Waals surface area contributed by atoms with Crippen molar-refractivity contribution < 1.29 is 72.8 Å². The molecule has 0 radical (unpaired) electrons. The van der Waals surface area contributed by atoms with Crippen LogP contribution in [-0.2, 0) is 25.7 Å². The Morgan fingerprint density at radius 2 is 1.68 bits per heavy atom. The van der Waals surface area contributed by atoms with Crippen LogP contribution in [0, 0.1) is 0 Å². The Morgan fingerprint density at radius 3 is 2.42 bits per heavy atom. The fourth-order valence-electron chi connectivity index (χ4n) is 6.19. The summed E-state index contributed by atoms with van der Waals surface area (Å²) in [5, 5.41) is 25.2. The normalized spacial score (nSPS) is 14.0. The number of carboxylic acids is 1. The third-order valence-corrected chi connectivity index (χ3v) is 8.74. The molecule has 0 saturated carbocycles. The third-order valence-electron chi connectivity index (χ3n) is 8.74. The fraction of sp³-hybridized carbons (Fsp3) is 0.268. The van der Waals surface area contributed by atoms with Crippen LogP contribution in [0.1, 0.15) is 63.5 Å². The molecule has 1 aliphatic heterocycles. The van der Waals surface area contributed by atoms with Gasteiger partial charge in [-0.3, -0.25) is 4.79 Å². The van der Waals surface area contributed by atoms with Gasteiger partial charge < -0.3 is 38.5 Å². The second-order valence-corrected chi connectivity index (χ2v) is 13.6. The number of aliphatic carboxylic acids is 1. The van der Waals surface area contributed by atoms with E-state index in [1.807, 2.05) is 91.9 Å². The van der Waals surface area contributed by atoms with Crippen LogP contribution in [0.4, 0.5) is 0 Å². The summed E-state index contributed by atoms with van der Waals surface area (Å²) in [7, 11) is 0. The van der Waals surface area contributed by atoms with Gasteiger partial charge in [-0.05, 0) is 92.4 Å². The number of hydrogen-bond donors (Lipinski definition) is 1. The summed E-state index contributed by atoms with van der Waals surface area (Å²) in [4.78, 5) is 45.4. The number of oxazole rings is 1. The average molecular weight is 727 g/mol. The van der Waals surface area contributed by atoms with Crippen molar-refractivity contribution >= 4 is 45.8 Å². The van der Waals surface area contributed by atoms with Crippen molar-refractivity contribution in [2.45, 2.75) is 64.6 Å². The van der Waals surface area contributed by atoms with Crippen molar-refractivity contribution in [3.05, 3.63) is 119 Å². The van der Waals surface area contributed by atoms with Crippen LogP contribution >= 0.6 is 0 Å². The van der Waals surface area contributed by atoms with Gasteiger partial charge in [0, 0.05) is 30.9 Å². The number of carbonyl (C=O) groups is 3. The zero-order valence-corrected chi connectivity index (χ0v) is 32.3. The number of esters is 1. The summed E-state index contributed by atoms with van der Waals surface area (Å²) in [5.41, 5.74) is 1.19. The zero-order valence-electron chi connectivity index (χ0n) is 30.3. The number of rotatable bonds is 12. The Bertz CT molecular complexity index is 2170. The van der Waals surface area contributed by atoms with E-state index in [-0.39, 0.29) is 42.9 Å². The molecule has 6 rings (SSSR count). The van der Waals surface area contributed by atoms with Crippen LogP contribution in [0.5, 0.6) is 11.5 Å². The number of aliphatic hydroxyl groups is 1. The number of amides is 1.